The first-order valence-corrected chi connectivity index (χ1v) is 5.56. The van der Waals surface area contributed by atoms with E-state index in [2.05, 4.69) is 4.98 Å². The maximum absolute atomic E-state index is 12.8. The van der Waals surface area contributed by atoms with Gasteiger partial charge in [0.1, 0.15) is 0 Å². The van der Waals surface area contributed by atoms with Crippen molar-refractivity contribution in [3.05, 3.63) is 29.6 Å². The van der Waals surface area contributed by atoms with Crippen LogP contribution in [0.5, 0.6) is 0 Å². The van der Waals surface area contributed by atoms with Gasteiger partial charge in [-0.3, -0.25) is 9.78 Å². The lowest BCUT2D eigenvalue weighted by Gasteiger charge is -2.13. The number of alkyl halides is 3. The maximum atomic E-state index is 12.8. The first kappa shape index (κ1) is 13.0. The minimum Gasteiger partial charge on any atom is -0.378 e. The van der Waals surface area contributed by atoms with Gasteiger partial charge in [0, 0.05) is 23.9 Å². The Morgan fingerprint density at radius 2 is 2.22 bits per heavy atom. The summed E-state index contributed by atoms with van der Waals surface area (Å²) in [6.45, 7) is 1.97. The van der Waals surface area contributed by atoms with Crippen LogP contribution in [0.25, 0.3) is 0 Å². The van der Waals surface area contributed by atoms with Crippen LogP contribution in [0.15, 0.2) is 18.5 Å². The van der Waals surface area contributed by atoms with Crippen molar-refractivity contribution >= 4 is 5.78 Å². The van der Waals surface area contributed by atoms with Gasteiger partial charge in [-0.1, -0.05) is 0 Å². The number of ketones is 1. The molecule has 2 unspecified atom stereocenters. The van der Waals surface area contributed by atoms with Gasteiger partial charge in [-0.15, -0.1) is 0 Å². The minimum atomic E-state index is -4.54. The molecule has 0 aliphatic carbocycles. The summed E-state index contributed by atoms with van der Waals surface area (Å²) in [4.78, 5) is 15.6. The van der Waals surface area contributed by atoms with Crippen molar-refractivity contribution in [1.82, 2.24) is 4.98 Å². The molecule has 0 amide bonds. The molecule has 0 aromatic carbocycles. The highest BCUT2D eigenvalue weighted by atomic mass is 19.4. The Bertz CT molecular complexity index is 459. The Balaban J connectivity index is 2.31. The molecule has 98 valence electrons. The van der Waals surface area contributed by atoms with Crippen LogP contribution in [0, 0.1) is 5.92 Å². The maximum Gasteiger partial charge on any atom is 0.417 e. The summed E-state index contributed by atoms with van der Waals surface area (Å²) in [6.07, 6.45) is -2.17. The molecule has 0 bridgehead atoms. The molecule has 2 heterocycles. The fourth-order valence-corrected chi connectivity index (χ4v) is 2.06. The molecule has 1 aromatic heterocycles. The van der Waals surface area contributed by atoms with E-state index in [1.807, 2.05) is 0 Å². The highest BCUT2D eigenvalue weighted by Gasteiger charge is 2.38. The van der Waals surface area contributed by atoms with E-state index < -0.39 is 23.4 Å². The van der Waals surface area contributed by atoms with Crippen LogP contribution >= 0.6 is 0 Å². The van der Waals surface area contributed by atoms with Gasteiger partial charge in [-0.25, -0.2) is 0 Å². The molecule has 0 radical (unpaired) electrons. The van der Waals surface area contributed by atoms with Crippen LogP contribution in [0.4, 0.5) is 13.2 Å². The van der Waals surface area contributed by atoms with Gasteiger partial charge in [-0.2, -0.15) is 13.2 Å². The molecule has 0 spiro atoms. The number of carbonyl (C=O) groups is 1. The zero-order valence-electron chi connectivity index (χ0n) is 9.70. The SMILES string of the molecule is CC1CC(C(=O)c2cnccc2C(F)(F)F)CO1. The normalized spacial score (nSPS) is 24.2. The molecule has 3 nitrogen and oxygen atoms in total. The first-order valence-electron chi connectivity index (χ1n) is 5.56. The van der Waals surface area contributed by atoms with Crippen LogP contribution < -0.4 is 0 Å². The number of hydrogen-bond acceptors (Lipinski definition) is 3. The summed E-state index contributed by atoms with van der Waals surface area (Å²) in [5, 5.41) is 0. The summed E-state index contributed by atoms with van der Waals surface area (Å²) in [5.41, 5.74) is -1.30. The topological polar surface area (TPSA) is 39.2 Å². The number of hydrogen-bond donors (Lipinski definition) is 0. The van der Waals surface area contributed by atoms with Crippen LogP contribution in [0.1, 0.15) is 29.3 Å². The van der Waals surface area contributed by atoms with Crippen molar-refractivity contribution in [2.75, 3.05) is 6.61 Å². The smallest absolute Gasteiger partial charge is 0.378 e. The van der Waals surface area contributed by atoms with Crippen molar-refractivity contribution in [2.45, 2.75) is 25.6 Å². The zero-order chi connectivity index (χ0) is 13.3. The number of ether oxygens (including phenoxy) is 1. The number of Topliss-reactive ketones (excluding diaryl/α,β-unsaturated/α-hetero) is 1. The quantitative estimate of drug-likeness (QED) is 0.766. The third-order valence-electron chi connectivity index (χ3n) is 2.96. The van der Waals surface area contributed by atoms with Gasteiger partial charge >= 0.3 is 6.18 Å². The van der Waals surface area contributed by atoms with Gasteiger partial charge in [0.2, 0.25) is 0 Å². The Labute approximate surface area is 102 Å². The van der Waals surface area contributed by atoms with Crippen molar-refractivity contribution < 1.29 is 22.7 Å². The largest absolute Gasteiger partial charge is 0.417 e. The molecule has 1 aromatic rings. The van der Waals surface area contributed by atoms with Crippen molar-refractivity contribution in [1.29, 1.82) is 0 Å². The van der Waals surface area contributed by atoms with E-state index in [0.717, 1.165) is 18.5 Å². The van der Waals surface area contributed by atoms with Crippen LogP contribution in [0.3, 0.4) is 0 Å². The van der Waals surface area contributed by atoms with E-state index in [9.17, 15) is 18.0 Å². The standard InChI is InChI=1S/C12H12F3NO2/c1-7-4-8(6-18-7)11(17)9-5-16-3-2-10(9)12(13,14)15/h2-3,5,7-8H,4,6H2,1H3. The molecule has 1 aliphatic heterocycles. The van der Waals surface area contributed by atoms with Crippen molar-refractivity contribution in [3.63, 3.8) is 0 Å². The number of aromatic nitrogens is 1. The van der Waals surface area contributed by atoms with Crippen molar-refractivity contribution in [3.8, 4) is 0 Å². The van der Waals surface area contributed by atoms with Gasteiger partial charge in [0.25, 0.3) is 0 Å². The minimum absolute atomic E-state index is 0.0926. The average molecular weight is 259 g/mol. The third kappa shape index (κ3) is 2.53. The third-order valence-corrected chi connectivity index (χ3v) is 2.96. The molecular formula is C12H12F3NO2. The molecule has 2 atom stereocenters. The molecule has 0 saturated carbocycles. The molecule has 1 fully saturated rings. The van der Waals surface area contributed by atoms with Crippen LogP contribution in [0.2, 0.25) is 0 Å². The summed E-state index contributed by atoms with van der Waals surface area (Å²) in [6, 6.07) is 0.826. The Hall–Kier alpha value is -1.43. The summed E-state index contributed by atoms with van der Waals surface area (Å²) in [7, 11) is 0. The fraction of sp³-hybridized carbons (Fsp3) is 0.500. The Morgan fingerprint density at radius 3 is 2.78 bits per heavy atom. The summed E-state index contributed by atoms with van der Waals surface area (Å²) >= 11 is 0. The molecule has 1 saturated heterocycles. The molecule has 2 rings (SSSR count). The van der Waals surface area contributed by atoms with E-state index in [0.29, 0.717) is 6.42 Å². The highest BCUT2D eigenvalue weighted by Crippen LogP contribution is 2.33. The lowest BCUT2D eigenvalue weighted by molar-refractivity contribution is -0.138. The van der Waals surface area contributed by atoms with E-state index in [4.69, 9.17) is 4.74 Å². The number of pyridine rings is 1. The monoisotopic (exact) mass is 259 g/mol. The van der Waals surface area contributed by atoms with E-state index in [1.165, 1.54) is 0 Å². The summed E-state index contributed by atoms with van der Waals surface area (Å²) in [5.74, 6) is -1.05. The van der Waals surface area contributed by atoms with E-state index in [1.54, 1.807) is 6.92 Å². The van der Waals surface area contributed by atoms with Gasteiger partial charge in [0.15, 0.2) is 5.78 Å². The van der Waals surface area contributed by atoms with Gasteiger partial charge in [-0.05, 0) is 19.4 Å². The number of carbonyl (C=O) groups excluding carboxylic acids is 1. The predicted octanol–water partition coefficient (Wildman–Crippen LogP) is 2.71. The first-order chi connectivity index (χ1) is 8.39. The van der Waals surface area contributed by atoms with Crippen molar-refractivity contribution in [2.24, 2.45) is 5.92 Å². The molecular weight excluding hydrogens is 247 g/mol. The van der Waals surface area contributed by atoms with Gasteiger partial charge in [0.05, 0.1) is 18.3 Å². The zero-order valence-corrected chi connectivity index (χ0v) is 9.70. The second-order valence-electron chi connectivity index (χ2n) is 4.36. The Morgan fingerprint density at radius 1 is 1.50 bits per heavy atom. The molecule has 1 aliphatic rings. The second-order valence-corrected chi connectivity index (χ2v) is 4.36. The lowest BCUT2D eigenvalue weighted by atomic mass is 9.93. The Kier molecular flexibility index (Phi) is 3.38. The molecule has 0 N–H and O–H groups in total. The van der Waals surface area contributed by atoms with E-state index in [-0.39, 0.29) is 18.3 Å². The second kappa shape index (κ2) is 4.68. The lowest BCUT2D eigenvalue weighted by Crippen LogP contribution is -2.20. The number of halogens is 3. The number of nitrogens with zero attached hydrogens (tertiary/aromatic N) is 1. The summed E-state index contributed by atoms with van der Waals surface area (Å²) < 4.78 is 43.5. The fourth-order valence-electron chi connectivity index (χ4n) is 2.06. The molecule has 18 heavy (non-hydrogen) atoms. The van der Waals surface area contributed by atoms with Gasteiger partial charge < -0.3 is 4.74 Å². The predicted molar refractivity (Wildman–Crippen MR) is 57.1 cm³/mol. The average Bonchev–Trinajstić information content (AvgIpc) is 2.74. The van der Waals surface area contributed by atoms with Crippen LogP contribution in [-0.2, 0) is 10.9 Å². The van der Waals surface area contributed by atoms with E-state index >= 15 is 0 Å². The molecule has 6 heteroatoms. The van der Waals surface area contributed by atoms with Crippen LogP contribution in [-0.4, -0.2) is 23.5 Å². The number of rotatable bonds is 2. The highest BCUT2D eigenvalue weighted by molar-refractivity contribution is 5.99.